The summed E-state index contributed by atoms with van der Waals surface area (Å²) in [5.41, 5.74) is 0.377. The van der Waals surface area contributed by atoms with Crippen LogP contribution in [0.3, 0.4) is 0 Å². The van der Waals surface area contributed by atoms with E-state index in [1.807, 2.05) is 0 Å². The summed E-state index contributed by atoms with van der Waals surface area (Å²) in [4.78, 5) is 13.4. The zero-order valence-corrected chi connectivity index (χ0v) is 23.5. The van der Waals surface area contributed by atoms with Crippen LogP contribution in [0, 0.1) is 39.9 Å². The number of Topliss-reactive ketones (excluding diaryl/α,β-unsaturated/α-hetero) is 1. The van der Waals surface area contributed by atoms with Crippen LogP contribution >= 0.6 is 0 Å². The van der Waals surface area contributed by atoms with Gasteiger partial charge in [0.05, 0.1) is 19.1 Å². The van der Waals surface area contributed by atoms with Crippen LogP contribution in [0.25, 0.3) is 0 Å². The van der Waals surface area contributed by atoms with Crippen molar-refractivity contribution in [2.75, 3.05) is 19.8 Å². The zero-order chi connectivity index (χ0) is 24.1. The van der Waals surface area contributed by atoms with Crippen molar-refractivity contribution < 1.29 is 18.7 Å². The van der Waals surface area contributed by atoms with Crippen molar-refractivity contribution in [2.45, 2.75) is 110 Å². The van der Waals surface area contributed by atoms with Crippen LogP contribution in [0.15, 0.2) is 0 Å². The lowest BCUT2D eigenvalue weighted by atomic mass is 9.29. The van der Waals surface area contributed by atoms with Crippen LogP contribution in [0.1, 0.15) is 86.5 Å². The van der Waals surface area contributed by atoms with E-state index in [9.17, 15) is 4.79 Å². The second-order valence-electron chi connectivity index (χ2n) is 14.5. The summed E-state index contributed by atoms with van der Waals surface area (Å²) in [5, 5.41) is 0.228. The average molecular weight is 477 g/mol. The van der Waals surface area contributed by atoms with E-state index in [1.54, 1.807) is 0 Å². The van der Waals surface area contributed by atoms with E-state index >= 15 is 0 Å². The Hall–Kier alpha value is -0.233. The Balaban J connectivity index is 1.50. The second kappa shape index (κ2) is 7.40. The van der Waals surface area contributed by atoms with Gasteiger partial charge in [0.1, 0.15) is 5.78 Å². The van der Waals surface area contributed by atoms with E-state index in [0.717, 1.165) is 19.4 Å². The fourth-order valence-electron chi connectivity index (χ4n) is 9.27. The minimum Gasteiger partial charge on any atom is -0.416 e. The molecule has 0 bridgehead atoms. The average Bonchev–Trinajstić information content (AvgIpc) is 3.16. The van der Waals surface area contributed by atoms with Crippen molar-refractivity contribution >= 4 is 14.1 Å². The molecule has 188 valence electrons. The molecule has 1 saturated heterocycles. The first-order valence-corrected chi connectivity index (χ1v) is 16.6. The topological polar surface area (TPSA) is 44.8 Å². The molecule has 0 N–H and O–H groups in total. The van der Waals surface area contributed by atoms with Crippen molar-refractivity contribution in [1.29, 1.82) is 0 Å². The van der Waals surface area contributed by atoms with Gasteiger partial charge in [-0.15, -0.1) is 0 Å². The summed E-state index contributed by atoms with van der Waals surface area (Å²) in [6.45, 7) is 21.3. The molecule has 0 aromatic rings. The molecule has 5 rings (SSSR count). The van der Waals surface area contributed by atoms with Crippen LogP contribution in [-0.4, -0.2) is 39.7 Å². The molecule has 33 heavy (non-hydrogen) atoms. The smallest absolute Gasteiger partial charge is 0.192 e. The number of carbonyl (C=O) groups is 1. The minimum atomic E-state index is -1.81. The lowest BCUT2D eigenvalue weighted by molar-refractivity contribution is -0.338. The fourth-order valence-corrected chi connectivity index (χ4v) is 10.4. The quantitative estimate of drug-likeness (QED) is 0.431. The first kappa shape index (κ1) is 24.5. The summed E-state index contributed by atoms with van der Waals surface area (Å²) in [6, 6.07) is 0. The van der Waals surface area contributed by atoms with Gasteiger partial charge in [0.25, 0.3) is 0 Å². The number of ketones is 1. The Morgan fingerprint density at radius 1 is 1.09 bits per heavy atom. The molecule has 1 heterocycles. The molecule has 0 aromatic heterocycles. The van der Waals surface area contributed by atoms with Gasteiger partial charge in [-0.05, 0) is 72.9 Å². The molecule has 4 saturated carbocycles. The minimum absolute atomic E-state index is 0.0442. The molecule has 0 radical (unpaired) electrons. The van der Waals surface area contributed by atoms with Gasteiger partial charge >= 0.3 is 0 Å². The molecule has 4 nitrogen and oxygen atoms in total. The van der Waals surface area contributed by atoms with Crippen molar-refractivity contribution in [1.82, 2.24) is 0 Å². The second-order valence-corrected chi connectivity index (χ2v) is 19.3. The Morgan fingerprint density at radius 3 is 2.36 bits per heavy atom. The van der Waals surface area contributed by atoms with E-state index < -0.39 is 14.1 Å². The first-order valence-electron chi connectivity index (χ1n) is 13.7. The van der Waals surface area contributed by atoms with Gasteiger partial charge in [-0.3, -0.25) is 4.79 Å². The molecule has 0 unspecified atom stereocenters. The highest BCUT2D eigenvalue weighted by Crippen LogP contribution is 2.78. The van der Waals surface area contributed by atoms with Gasteiger partial charge < -0.3 is 13.9 Å². The van der Waals surface area contributed by atoms with E-state index in [1.165, 1.54) is 32.1 Å². The van der Waals surface area contributed by atoms with Gasteiger partial charge in [-0.2, -0.15) is 0 Å². The van der Waals surface area contributed by atoms with E-state index in [2.05, 4.69) is 54.6 Å². The molecule has 0 aromatic carbocycles. The van der Waals surface area contributed by atoms with Gasteiger partial charge in [-0.25, -0.2) is 0 Å². The first-order chi connectivity index (χ1) is 15.2. The number of fused-ring (bicyclic) bond motifs is 2. The van der Waals surface area contributed by atoms with Crippen molar-refractivity contribution in [3.05, 3.63) is 0 Å². The lowest BCUT2D eigenvalue weighted by Crippen LogP contribution is -2.77. The van der Waals surface area contributed by atoms with Crippen LogP contribution < -0.4 is 0 Å². The summed E-state index contributed by atoms with van der Waals surface area (Å²) >= 11 is 0. The van der Waals surface area contributed by atoms with Crippen LogP contribution in [0.4, 0.5) is 0 Å². The molecule has 2 spiro atoms. The summed E-state index contributed by atoms with van der Waals surface area (Å²) < 4.78 is 19.7. The number of rotatable bonds is 3. The predicted molar refractivity (Wildman–Crippen MR) is 133 cm³/mol. The largest absolute Gasteiger partial charge is 0.416 e. The van der Waals surface area contributed by atoms with Crippen molar-refractivity contribution in [3.63, 3.8) is 0 Å². The molecule has 5 aliphatic rings. The molecule has 4 aliphatic carbocycles. The van der Waals surface area contributed by atoms with Crippen LogP contribution in [0.5, 0.6) is 0 Å². The number of hydrogen-bond acceptors (Lipinski definition) is 4. The molecular weight excluding hydrogens is 428 g/mol. The third-order valence-corrected chi connectivity index (χ3v) is 16.5. The third-order valence-electron chi connectivity index (χ3n) is 12.0. The molecule has 7 atom stereocenters. The maximum atomic E-state index is 13.4. The Kier molecular flexibility index (Phi) is 5.48. The van der Waals surface area contributed by atoms with Gasteiger partial charge in [0.2, 0.25) is 0 Å². The Bertz CT molecular complexity index is 811. The van der Waals surface area contributed by atoms with Gasteiger partial charge in [-0.1, -0.05) is 48.0 Å². The van der Waals surface area contributed by atoms with E-state index in [4.69, 9.17) is 13.9 Å². The maximum Gasteiger partial charge on any atom is 0.192 e. The summed E-state index contributed by atoms with van der Waals surface area (Å²) in [7, 11) is -1.81. The molecule has 0 amide bonds. The summed E-state index contributed by atoms with van der Waals surface area (Å²) in [5.74, 6) is 1.19. The normalized spacial score (nSPS) is 47.0. The molecule has 5 fully saturated rings. The Labute approximate surface area is 203 Å². The number of ether oxygens (including phenoxy) is 2. The van der Waals surface area contributed by atoms with Crippen molar-refractivity contribution in [2.24, 2.45) is 39.9 Å². The lowest BCUT2D eigenvalue weighted by Gasteiger charge is -2.75. The highest BCUT2D eigenvalue weighted by molar-refractivity contribution is 6.74. The fraction of sp³-hybridized carbons (Fsp3) is 0.964. The summed E-state index contributed by atoms with van der Waals surface area (Å²) in [6.07, 6.45) is 8.14. The monoisotopic (exact) mass is 476 g/mol. The Morgan fingerprint density at radius 2 is 1.76 bits per heavy atom. The van der Waals surface area contributed by atoms with Gasteiger partial charge in [0.15, 0.2) is 14.1 Å². The van der Waals surface area contributed by atoms with E-state index in [0.29, 0.717) is 36.8 Å². The third kappa shape index (κ3) is 3.07. The molecule has 5 heteroatoms. The predicted octanol–water partition coefficient (Wildman–Crippen LogP) is 6.59. The van der Waals surface area contributed by atoms with E-state index in [-0.39, 0.29) is 27.2 Å². The molecule has 1 aliphatic heterocycles. The van der Waals surface area contributed by atoms with Crippen LogP contribution in [0.2, 0.25) is 18.1 Å². The zero-order valence-electron chi connectivity index (χ0n) is 22.5. The van der Waals surface area contributed by atoms with Crippen LogP contribution in [-0.2, 0) is 18.7 Å². The maximum absolute atomic E-state index is 13.4. The highest BCUT2D eigenvalue weighted by atomic mass is 28.4. The number of hydrogen-bond donors (Lipinski definition) is 0. The van der Waals surface area contributed by atoms with Crippen molar-refractivity contribution in [3.8, 4) is 0 Å². The SMILES string of the molecule is C[C@H]1C[C@@H]2CC[C@H]3[C@@](C)(CO[Si](C)(C)C(C)(C)C)CCC[C@]3(C)[C@]23CC(=O)[C@@H]3C12OCCO2. The standard InChI is InChI=1S/C28H48O4Si/c1-19-16-20-10-11-22-25(5,18-32-33(7,8)24(2,3)4)12-9-13-26(22,6)27(20)17-21(29)23(27)28(19)30-14-15-31-28/h19-20,22-23H,9-18H2,1-8H3/t19-,20-,22-,23-,25+,26-,27+/m0/s1. The number of carbonyl (C=O) groups excluding carboxylic acids is 1. The highest BCUT2D eigenvalue weighted by Gasteiger charge is 2.79. The van der Waals surface area contributed by atoms with Gasteiger partial charge in [0, 0.05) is 24.4 Å². The molecular formula is C28H48O4Si.